The first-order valence-corrected chi connectivity index (χ1v) is 10.0. The van der Waals surface area contributed by atoms with Gasteiger partial charge in [-0.1, -0.05) is 60.5 Å². The Balaban J connectivity index is 1.44. The van der Waals surface area contributed by atoms with Gasteiger partial charge in [-0.2, -0.15) is 0 Å². The molecule has 0 bridgehead atoms. The van der Waals surface area contributed by atoms with Crippen LogP contribution in [0, 0.1) is 11.7 Å². The van der Waals surface area contributed by atoms with Crippen LogP contribution >= 0.6 is 0 Å². The average molecular weight is 380 g/mol. The van der Waals surface area contributed by atoms with Gasteiger partial charge in [-0.3, -0.25) is 4.79 Å². The molecule has 0 unspecified atom stereocenters. The van der Waals surface area contributed by atoms with Crippen LogP contribution in [-0.2, 0) is 16.2 Å². The van der Waals surface area contributed by atoms with Crippen molar-refractivity contribution in [3.8, 4) is 0 Å². The van der Waals surface area contributed by atoms with E-state index in [1.807, 2.05) is 41.3 Å². The number of hydrogen-bond donors (Lipinski definition) is 0. The molecule has 0 aromatic heterocycles. The van der Waals surface area contributed by atoms with Crippen molar-refractivity contribution in [2.45, 2.75) is 44.8 Å². The summed E-state index contributed by atoms with van der Waals surface area (Å²) in [5.41, 5.74) is 2.58. The number of carbonyl (C=O) groups excluding carboxylic acids is 1. The molecular weight excluding hydrogens is 355 g/mol. The maximum atomic E-state index is 13.5. The quantitative estimate of drug-likeness (QED) is 0.738. The minimum absolute atomic E-state index is 0.119. The number of nitrogens with zero attached hydrogens (tertiary/aromatic N) is 2. The molecule has 2 aromatic rings. The molecule has 1 heterocycles. The number of amides is 1. The van der Waals surface area contributed by atoms with E-state index in [9.17, 15) is 9.18 Å². The minimum Gasteiger partial charge on any atom is -0.390 e. The number of benzene rings is 2. The lowest BCUT2D eigenvalue weighted by Gasteiger charge is -2.27. The molecule has 4 rings (SSSR count). The minimum atomic E-state index is -0.286. The van der Waals surface area contributed by atoms with Crippen molar-refractivity contribution in [1.29, 1.82) is 0 Å². The lowest BCUT2D eigenvalue weighted by Crippen LogP contribution is -2.40. The largest absolute Gasteiger partial charge is 0.390 e. The van der Waals surface area contributed by atoms with Gasteiger partial charge in [-0.05, 0) is 30.5 Å². The van der Waals surface area contributed by atoms with Gasteiger partial charge in [0, 0.05) is 24.4 Å². The summed E-state index contributed by atoms with van der Waals surface area (Å²) in [6.07, 6.45) is 4.57. The zero-order valence-corrected chi connectivity index (χ0v) is 15.9. The molecule has 1 amide bonds. The molecule has 0 spiro atoms. The SMILES string of the molecule is O=C(C1CCCC1)N(Cc1ccccc1)C[C@@H]1CC(c2cccc(F)c2)=NO1. The fraction of sp³-hybridized carbons (Fsp3) is 0.391. The van der Waals surface area contributed by atoms with E-state index < -0.39 is 0 Å². The van der Waals surface area contributed by atoms with E-state index in [4.69, 9.17) is 4.84 Å². The molecule has 1 fully saturated rings. The van der Waals surface area contributed by atoms with Gasteiger partial charge >= 0.3 is 0 Å². The van der Waals surface area contributed by atoms with Crippen LogP contribution in [0.4, 0.5) is 4.39 Å². The lowest BCUT2D eigenvalue weighted by atomic mass is 10.0. The van der Waals surface area contributed by atoms with E-state index in [0.717, 1.165) is 42.5 Å². The van der Waals surface area contributed by atoms with Crippen molar-refractivity contribution in [1.82, 2.24) is 4.90 Å². The van der Waals surface area contributed by atoms with Crippen LogP contribution in [-0.4, -0.2) is 29.2 Å². The molecule has 2 aliphatic rings. The second-order valence-electron chi connectivity index (χ2n) is 7.67. The van der Waals surface area contributed by atoms with Crippen LogP contribution in [0.5, 0.6) is 0 Å². The molecule has 28 heavy (non-hydrogen) atoms. The number of carbonyl (C=O) groups is 1. The normalized spacial score (nSPS) is 19.3. The number of halogens is 1. The first-order chi connectivity index (χ1) is 13.7. The topological polar surface area (TPSA) is 41.9 Å². The summed E-state index contributed by atoms with van der Waals surface area (Å²) in [4.78, 5) is 20.6. The Kier molecular flexibility index (Phi) is 5.70. The highest BCUT2D eigenvalue weighted by molar-refractivity contribution is 6.01. The summed E-state index contributed by atoms with van der Waals surface area (Å²) in [5, 5.41) is 4.16. The highest BCUT2D eigenvalue weighted by atomic mass is 19.1. The van der Waals surface area contributed by atoms with Crippen LogP contribution in [0.2, 0.25) is 0 Å². The Bertz CT molecular complexity index is 847. The van der Waals surface area contributed by atoms with Crippen molar-refractivity contribution >= 4 is 11.6 Å². The van der Waals surface area contributed by atoms with Crippen molar-refractivity contribution in [3.05, 3.63) is 71.5 Å². The number of oxime groups is 1. The van der Waals surface area contributed by atoms with Gasteiger partial charge in [-0.15, -0.1) is 0 Å². The fourth-order valence-corrected chi connectivity index (χ4v) is 4.08. The Morgan fingerprint density at radius 1 is 1.11 bits per heavy atom. The van der Waals surface area contributed by atoms with Crippen molar-refractivity contribution in [3.63, 3.8) is 0 Å². The van der Waals surface area contributed by atoms with E-state index in [0.29, 0.717) is 19.5 Å². The van der Waals surface area contributed by atoms with E-state index in [-0.39, 0.29) is 23.7 Å². The number of hydrogen-bond acceptors (Lipinski definition) is 3. The van der Waals surface area contributed by atoms with Crippen molar-refractivity contribution < 1.29 is 14.0 Å². The third-order valence-corrected chi connectivity index (χ3v) is 5.55. The summed E-state index contributed by atoms with van der Waals surface area (Å²) >= 11 is 0. The molecule has 1 aliphatic heterocycles. The van der Waals surface area contributed by atoms with Gasteiger partial charge in [0.05, 0.1) is 12.3 Å². The maximum absolute atomic E-state index is 13.5. The zero-order chi connectivity index (χ0) is 19.3. The zero-order valence-electron chi connectivity index (χ0n) is 15.9. The average Bonchev–Trinajstić information content (AvgIpc) is 3.40. The Morgan fingerprint density at radius 3 is 2.64 bits per heavy atom. The molecule has 146 valence electrons. The van der Waals surface area contributed by atoms with Crippen molar-refractivity contribution in [2.24, 2.45) is 11.1 Å². The van der Waals surface area contributed by atoms with Gasteiger partial charge in [0.1, 0.15) is 5.82 Å². The summed E-state index contributed by atoms with van der Waals surface area (Å²) in [7, 11) is 0. The highest BCUT2D eigenvalue weighted by Crippen LogP contribution is 2.28. The molecule has 1 saturated carbocycles. The monoisotopic (exact) mass is 380 g/mol. The van der Waals surface area contributed by atoms with Gasteiger partial charge in [0.25, 0.3) is 0 Å². The highest BCUT2D eigenvalue weighted by Gasteiger charge is 2.31. The second kappa shape index (κ2) is 8.55. The third-order valence-electron chi connectivity index (χ3n) is 5.55. The second-order valence-corrected chi connectivity index (χ2v) is 7.67. The van der Waals surface area contributed by atoms with Gasteiger partial charge < -0.3 is 9.74 Å². The molecule has 4 nitrogen and oxygen atoms in total. The smallest absolute Gasteiger partial charge is 0.226 e. The van der Waals surface area contributed by atoms with Gasteiger partial charge in [-0.25, -0.2) is 4.39 Å². The Hall–Kier alpha value is -2.69. The molecule has 2 aromatic carbocycles. The lowest BCUT2D eigenvalue weighted by molar-refractivity contribution is -0.137. The van der Waals surface area contributed by atoms with E-state index in [2.05, 4.69) is 5.16 Å². The first kappa shape index (κ1) is 18.7. The predicted octanol–water partition coefficient (Wildman–Crippen LogP) is 4.54. The fourth-order valence-electron chi connectivity index (χ4n) is 4.08. The molecular formula is C23H25FN2O2. The summed E-state index contributed by atoms with van der Waals surface area (Å²) in [6, 6.07) is 16.4. The van der Waals surface area contributed by atoms with Crippen molar-refractivity contribution in [2.75, 3.05) is 6.54 Å². The van der Waals surface area contributed by atoms with Crippen LogP contribution in [0.15, 0.2) is 59.8 Å². The third kappa shape index (κ3) is 4.41. The molecule has 0 N–H and O–H groups in total. The maximum Gasteiger partial charge on any atom is 0.226 e. The van der Waals surface area contributed by atoms with Crippen LogP contribution in [0.3, 0.4) is 0 Å². The molecule has 1 aliphatic carbocycles. The first-order valence-electron chi connectivity index (χ1n) is 10.0. The van der Waals surface area contributed by atoms with E-state index in [1.165, 1.54) is 12.1 Å². The predicted molar refractivity (Wildman–Crippen MR) is 106 cm³/mol. The molecule has 0 radical (unpaired) electrons. The Morgan fingerprint density at radius 2 is 1.89 bits per heavy atom. The van der Waals surface area contributed by atoms with Gasteiger partial charge in [0.2, 0.25) is 5.91 Å². The molecule has 0 saturated heterocycles. The van der Waals surface area contributed by atoms with E-state index in [1.54, 1.807) is 6.07 Å². The summed E-state index contributed by atoms with van der Waals surface area (Å²) in [5.74, 6) is 0.0450. The van der Waals surface area contributed by atoms with Gasteiger partial charge in [0.15, 0.2) is 6.10 Å². The molecule has 1 atom stereocenters. The summed E-state index contributed by atoms with van der Waals surface area (Å²) < 4.78 is 13.5. The summed E-state index contributed by atoms with van der Waals surface area (Å²) in [6.45, 7) is 1.07. The van der Waals surface area contributed by atoms with Crippen LogP contribution in [0.25, 0.3) is 0 Å². The Labute approximate surface area is 165 Å². The number of rotatable bonds is 6. The standard InChI is InChI=1S/C23H25FN2O2/c24-20-12-6-11-19(13-20)22-14-21(28-25-22)16-26(15-17-7-2-1-3-8-17)23(27)18-9-4-5-10-18/h1-3,6-8,11-13,18,21H,4-5,9-10,14-16H2/t21-/m0/s1. The van der Waals surface area contributed by atoms with Crippen LogP contribution in [0.1, 0.15) is 43.2 Å². The van der Waals surface area contributed by atoms with Crippen LogP contribution < -0.4 is 0 Å². The molecule has 5 heteroatoms. The van der Waals surface area contributed by atoms with E-state index >= 15 is 0 Å².